The number of nitrogens with zero attached hydrogens (tertiary/aromatic N) is 1. The Morgan fingerprint density at radius 1 is 1.28 bits per heavy atom. The van der Waals surface area contributed by atoms with Crippen molar-refractivity contribution in [3.05, 3.63) is 47.5 Å². The lowest BCUT2D eigenvalue weighted by molar-refractivity contribution is -0.140. The lowest BCUT2D eigenvalue weighted by Gasteiger charge is -2.37. The maximum absolute atomic E-state index is 13.1. The molecule has 5 rings (SSSR count). The van der Waals surface area contributed by atoms with E-state index in [0.717, 1.165) is 18.7 Å². The Bertz CT molecular complexity index is 972. The highest BCUT2D eigenvalue weighted by Crippen LogP contribution is 2.52. The highest BCUT2D eigenvalue weighted by Gasteiger charge is 2.55. The number of rotatable bonds is 3. The number of aliphatic hydroxyl groups is 1. The summed E-state index contributed by atoms with van der Waals surface area (Å²) in [5.74, 6) is -0.672. The van der Waals surface area contributed by atoms with Crippen molar-refractivity contribution in [3.63, 3.8) is 0 Å². The van der Waals surface area contributed by atoms with Crippen molar-refractivity contribution in [1.82, 2.24) is 0 Å². The lowest BCUT2D eigenvalue weighted by Crippen LogP contribution is -2.45. The summed E-state index contributed by atoms with van der Waals surface area (Å²) in [5, 5.41) is 25.5. The summed E-state index contributed by atoms with van der Waals surface area (Å²) in [7, 11) is 1.95. The molecule has 7 nitrogen and oxygen atoms in total. The van der Waals surface area contributed by atoms with E-state index in [1.165, 1.54) is 0 Å². The molecule has 1 amide bonds. The summed E-state index contributed by atoms with van der Waals surface area (Å²) >= 11 is 0. The van der Waals surface area contributed by atoms with Crippen LogP contribution in [0.15, 0.2) is 36.4 Å². The molecule has 2 aromatic rings. The summed E-state index contributed by atoms with van der Waals surface area (Å²) in [5.41, 5.74) is 0.559. The van der Waals surface area contributed by atoms with Crippen LogP contribution in [0.3, 0.4) is 0 Å². The number of aromatic hydroxyl groups is 1. The van der Waals surface area contributed by atoms with E-state index in [1.54, 1.807) is 24.3 Å². The molecule has 7 heteroatoms. The predicted molar refractivity (Wildman–Crippen MR) is 108 cm³/mol. The van der Waals surface area contributed by atoms with Gasteiger partial charge in [-0.05, 0) is 25.0 Å². The molecule has 2 aromatic carbocycles. The van der Waals surface area contributed by atoms with Gasteiger partial charge in [-0.1, -0.05) is 18.2 Å². The van der Waals surface area contributed by atoms with E-state index in [1.807, 2.05) is 24.1 Å². The molecule has 1 saturated heterocycles. The third-order valence-corrected chi connectivity index (χ3v) is 6.26. The average Bonchev–Trinajstić information content (AvgIpc) is 3.31. The molecule has 3 heterocycles. The molecule has 152 valence electrons. The molecule has 1 fully saturated rings. The van der Waals surface area contributed by atoms with Gasteiger partial charge in [0, 0.05) is 36.5 Å². The second-order valence-corrected chi connectivity index (χ2v) is 7.94. The lowest BCUT2D eigenvalue weighted by atomic mass is 9.73. The van der Waals surface area contributed by atoms with Crippen LogP contribution < -0.4 is 15.0 Å². The molecule has 0 bridgehead atoms. The average molecular weight is 396 g/mol. The fourth-order valence-electron chi connectivity index (χ4n) is 4.78. The topological polar surface area (TPSA) is 91.3 Å². The minimum Gasteiger partial charge on any atom is -0.508 e. The second kappa shape index (κ2) is 6.64. The maximum atomic E-state index is 13.1. The van der Waals surface area contributed by atoms with Gasteiger partial charge in [-0.3, -0.25) is 4.79 Å². The Labute approximate surface area is 168 Å². The second-order valence-electron chi connectivity index (χ2n) is 7.94. The van der Waals surface area contributed by atoms with Gasteiger partial charge in [-0.15, -0.1) is 0 Å². The quantitative estimate of drug-likeness (QED) is 0.738. The number of hydrogen-bond acceptors (Lipinski definition) is 6. The van der Waals surface area contributed by atoms with E-state index in [2.05, 4.69) is 5.32 Å². The largest absolute Gasteiger partial charge is 0.508 e. The Kier molecular flexibility index (Phi) is 4.18. The summed E-state index contributed by atoms with van der Waals surface area (Å²) in [6, 6.07) is 10.5. The minimum absolute atomic E-state index is 0.00911. The number of carbonyl (C=O) groups excluding carboxylic acids is 1. The van der Waals surface area contributed by atoms with Crippen molar-refractivity contribution in [2.24, 2.45) is 0 Å². The van der Waals surface area contributed by atoms with Gasteiger partial charge >= 0.3 is 0 Å². The Hall–Kier alpha value is -2.77. The molecule has 3 aliphatic rings. The molecule has 0 saturated carbocycles. The van der Waals surface area contributed by atoms with Crippen LogP contribution in [0.5, 0.6) is 11.5 Å². The molecular formula is C22H24N2O5. The number of ether oxygens (including phenoxy) is 2. The van der Waals surface area contributed by atoms with Gasteiger partial charge in [0.05, 0.1) is 24.3 Å². The zero-order chi connectivity index (χ0) is 20.2. The number of carbonyl (C=O) groups is 1. The first-order valence-corrected chi connectivity index (χ1v) is 9.96. The fourth-order valence-corrected chi connectivity index (χ4v) is 4.78. The first-order valence-electron chi connectivity index (χ1n) is 9.96. The number of fused-ring (bicyclic) bond motifs is 2. The normalized spacial score (nSPS) is 26.5. The van der Waals surface area contributed by atoms with Gasteiger partial charge in [0.2, 0.25) is 0 Å². The number of phenolic OH excluding ortho intramolecular Hbond substituents is 1. The van der Waals surface area contributed by atoms with Crippen LogP contribution in [0.4, 0.5) is 11.4 Å². The number of hydrogen-bond donors (Lipinski definition) is 3. The predicted octanol–water partition coefficient (Wildman–Crippen LogP) is 2.32. The third-order valence-electron chi connectivity index (χ3n) is 6.26. The molecule has 0 radical (unpaired) electrons. The number of amides is 1. The van der Waals surface area contributed by atoms with Crippen LogP contribution in [-0.2, 0) is 15.1 Å². The van der Waals surface area contributed by atoms with Crippen molar-refractivity contribution < 1.29 is 24.5 Å². The molecule has 3 N–H and O–H groups in total. The van der Waals surface area contributed by atoms with E-state index in [9.17, 15) is 15.0 Å². The van der Waals surface area contributed by atoms with Crippen LogP contribution >= 0.6 is 0 Å². The SMILES string of the molecule is CN1CCOc2cc(O)c(C([C@H]3CCCO3)C3(O)C(=O)Nc4ccccc43)cc21. The molecule has 2 unspecified atom stereocenters. The first kappa shape index (κ1) is 18.3. The van der Waals surface area contributed by atoms with Gasteiger partial charge in [0.1, 0.15) is 18.1 Å². The monoisotopic (exact) mass is 396 g/mol. The molecule has 0 spiro atoms. The van der Waals surface area contributed by atoms with E-state index in [0.29, 0.717) is 42.2 Å². The van der Waals surface area contributed by atoms with Crippen molar-refractivity contribution in [1.29, 1.82) is 0 Å². The molecule has 0 aliphatic carbocycles. The fraction of sp³-hybridized carbons (Fsp3) is 0.409. The minimum atomic E-state index is -1.84. The van der Waals surface area contributed by atoms with Gasteiger partial charge in [0.15, 0.2) is 5.60 Å². The van der Waals surface area contributed by atoms with Crippen molar-refractivity contribution in [3.8, 4) is 11.5 Å². The zero-order valence-corrected chi connectivity index (χ0v) is 16.2. The van der Waals surface area contributed by atoms with Crippen LogP contribution in [0.25, 0.3) is 0 Å². The summed E-state index contributed by atoms with van der Waals surface area (Å²) in [6.07, 6.45) is 1.15. The number of likely N-dealkylation sites (N-methyl/N-ethyl adjacent to an activating group) is 1. The molecule has 29 heavy (non-hydrogen) atoms. The number of benzene rings is 2. The first-order chi connectivity index (χ1) is 14.0. The van der Waals surface area contributed by atoms with Crippen LogP contribution in [0, 0.1) is 0 Å². The van der Waals surface area contributed by atoms with E-state index in [4.69, 9.17) is 9.47 Å². The van der Waals surface area contributed by atoms with E-state index < -0.39 is 23.5 Å². The summed E-state index contributed by atoms with van der Waals surface area (Å²) in [6.45, 7) is 1.82. The Morgan fingerprint density at radius 3 is 2.90 bits per heavy atom. The molecular weight excluding hydrogens is 372 g/mol. The number of nitrogens with one attached hydrogen (secondary N) is 1. The van der Waals surface area contributed by atoms with E-state index >= 15 is 0 Å². The standard InChI is InChI=1S/C22H24N2O5/c1-24-8-10-29-19-12-17(25)13(11-16(19)24)20(18-7-4-9-28-18)22(27)14-5-2-3-6-15(14)23-21(22)26/h2-3,5-6,11-12,18,20,25,27H,4,7-10H2,1H3,(H,23,26)/t18-,20?,22?/m1/s1. The number of para-hydroxylation sites is 1. The number of anilines is 2. The zero-order valence-electron chi connectivity index (χ0n) is 16.2. The van der Waals surface area contributed by atoms with E-state index in [-0.39, 0.29) is 5.75 Å². The van der Waals surface area contributed by atoms with Crippen molar-refractivity contribution in [2.45, 2.75) is 30.5 Å². The van der Waals surface area contributed by atoms with Crippen molar-refractivity contribution in [2.75, 3.05) is 37.0 Å². The summed E-state index contributed by atoms with van der Waals surface area (Å²) < 4.78 is 11.6. The molecule has 0 aromatic heterocycles. The Morgan fingerprint density at radius 2 is 2.10 bits per heavy atom. The van der Waals surface area contributed by atoms with Gasteiger partial charge in [0.25, 0.3) is 5.91 Å². The van der Waals surface area contributed by atoms with Crippen LogP contribution in [0.1, 0.15) is 29.9 Å². The highest BCUT2D eigenvalue weighted by atomic mass is 16.5. The number of phenols is 1. The van der Waals surface area contributed by atoms with Gasteiger partial charge in [-0.25, -0.2) is 0 Å². The van der Waals surface area contributed by atoms with Crippen LogP contribution in [-0.4, -0.2) is 49.0 Å². The van der Waals surface area contributed by atoms with Gasteiger partial charge < -0.3 is 29.9 Å². The molecule has 3 aliphatic heterocycles. The van der Waals surface area contributed by atoms with Gasteiger partial charge in [-0.2, -0.15) is 0 Å². The smallest absolute Gasteiger partial charge is 0.261 e. The van der Waals surface area contributed by atoms with Crippen LogP contribution in [0.2, 0.25) is 0 Å². The van der Waals surface area contributed by atoms with Crippen molar-refractivity contribution >= 4 is 17.3 Å². The highest BCUT2D eigenvalue weighted by molar-refractivity contribution is 6.05. The third kappa shape index (κ3) is 2.68. The maximum Gasteiger partial charge on any atom is 0.261 e. The Balaban J connectivity index is 1.70. The summed E-state index contributed by atoms with van der Waals surface area (Å²) in [4.78, 5) is 15.1. The molecule has 3 atom stereocenters.